The van der Waals surface area contributed by atoms with E-state index in [0.717, 1.165) is 11.9 Å². The van der Waals surface area contributed by atoms with Crippen LogP contribution in [0.3, 0.4) is 0 Å². The monoisotopic (exact) mass is 381 g/mol. The highest BCUT2D eigenvalue weighted by molar-refractivity contribution is 6.04. The van der Waals surface area contributed by atoms with Crippen molar-refractivity contribution in [2.24, 2.45) is 0 Å². The summed E-state index contributed by atoms with van der Waals surface area (Å²) in [6.45, 7) is 0.699. The van der Waals surface area contributed by atoms with Crippen molar-refractivity contribution in [3.63, 3.8) is 0 Å². The summed E-state index contributed by atoms with van der Waals surface area (Å²) >= 11 is 0. The number of aromatic nitrogens is 2. The van der Waals surface area contributed by atoms with Gasteiger partial charge in [0.2, 0.25) is 0 Å². The highest BCUT2D eigenvalue weighted by Gasteiger charge is 2.08. The van der Waals surface area contributed by atoms with Crippen LogP contribution in [0.2, 0.25) is 0 Å². The smallest absolute Gasteiger partial charge is 0.255 e. The van der Waals surface area contributed by atoms with Gasteiger partial charge in [0, 0.05) is 41.1 Å². The Kier molecular flexibility index (Phi) is 5.21. The highest BCUT2D eigenvalue weighted by Crippen LogP contribution is 2.18. The normalized spacial score (nSPS) is 10.4. The summed E-state index contributed by atoms with van der Waals surface area (Å²) in [5.41, 5.74) is 3.94. The molecule has 6 nitrogen and oxygen atoms in total. The van der Waals surface area contributed by atoms with Crippen molar-refractivity contribution in [3.8, 4) is 6.07 Å². The van der Waals surface area contributed by atoms with Gasteiger partial charge in [-0.05, 0) is 48.4 Å². The first kappa shape index (κ1) is 18.3. The van der Waals surface area contributed by atoms with Crippen LogP contribution in [0.4, 0.5) is 11.5 Å². The number of amides is 1. The van der Waals surface area contributed by atoms with Crippen molar-refractivity contribution >= 4 is 28.3 Å². The lowest BCUT2D eigenvalue weighted by Crippen LogP contribution is -2.13. The number of fused-ring (bicyclic) bond motifs is 1. The number of anilines is 2. The molecule has 0 aliphatic heterocycles. The first-order chi connectivity index (χ1) is 14.2. The standard InChI is InChI=1S/C23H19N5O/c24-14-16-4-3-5-19(12-16)28-23(29)17-8-10-25-22(13-17)26-11-9-18-15-27-21-7-2-1-6-20(18)21/h1-8,10,12-13,15,27H,9,11H2,(H,25,26)(H,28,29). The third-order valence-corrected chi connectivity index (χ3v) is 4.65. The van der Waals surface area contributed by atoms with Crippen LogP contribution >= 0.6 is 0 Å². The van der Waals surface area contributed by atoms with Gasteiger partial charge >= 0.3 is 0 Å². The number of rotatable bonds is 6. The fourth-order valence-corrected chi connectivity index (χ4v) is 3.20. The fourth-order valence-electron chi connectivity index (χ4n) is 3.20. The topological polar surface area (TPSA) is 93.6 Å². The van der Waals surface area contributed by atoms with Crippen LogP contribution < -0.4 is 10.6 Å². The number of nitrogens with one attached hydrogen (secondary N) is 3. The van der Waals surface area contributed by atoms with Crippen LogP contribution in [-0.2, 0) is 6.42 Å². The zero-order valence-electron chi connectivity index (χ0n) is 15.6. The average Bonchev–Trinajstić information content (AvgIpc) is 3.17. The maximum atomic E-state index is 12.5. The number of carbonyl (C=O) groups excluding carboxylic acids is 1. The molecule has 4 rings (SSSR count). The first-order valence-electron chi connectivity index (χ1n) is 9.29. The van der Waals surface area contributed by atoms with Gasteiger partial charge in [-0.15, -0.1) is 0 Å². The van der Waals surface area contributed by atoms with E-state index in [1.807, 2.05) is 18.3 Å². The van der Waals surface area contributed by atoms with Gasteiger partial charge in [-0.1, -0.05) is 24.3 Å². The molecule has 0 aliphatic rings. The minimum atomic E-state index is -0.248. The zero-order chi connectivity index (χ0) is 20.1. The van der Waals surface area contributed by atoms with E-state index in [1.165, 1.54) is 10.9 Å². The van der Waals surface area contributed by atoms with Crippen LogP contribution in [0.5, 0.6) is 0 Å². The Morgan fingerprint density at radius 1 is 1.10 bits per heavy atom. The van der Waals surface area contributed by atoms with E-state index < -0.39 is 0 Å². The number of aromatic amines is 1. The number of H-pyrrole nitrogens is 1. The molecule has 0 saturated carbocycles. The van der Waals surface area contributed by atoms with Crippen molar-refractivity contribution in [1.82, 2.24) is 9.97 Å². The number of para-hydroxylation sites is 1. The average molecular weight is 381 g/mol. The maximum Gasteiger partial charge on any atom is 0.255 e. The van der Waals surface area contributed by atoms with E-state index in [4.69, 9.17) is 5.26 Å². The molecular formula is C23H19N5O. The maximum absolute atomic E-state index is 12.5. The van der Waals surface area contributed by atoms with Crippen molar-refractivity contribution in [1.29, 1.82) is 5.26 Å². The lowest BCUT2D eigenvalue weighted by Gasteiger charge is -2.08. The molecule has 6 heteroatoms. The van der Waals surface area contributed by atoms with E-state index >= 15 is 0 Å². The highest BCUT2D eigenvalue weighted by atomic mass is 16.1. The SMILES string of the molecule is N#Cc1cccc(NC(=O)c2ccnc(NCCc3c[nH]c4ccccc34)c2)c1. The van der Waals surface area contributed by atoms with Crippen molar-refractivity contribution < 1.29 is 4.79 Å². The van der Waals surface area contributed by atoms with E-state index in [2.05, 4.69) is 38.8 Å². The van der Waals surface area contributed by atoms with Gasteiger partial charge in [0.05, 0.1) is 11.6 Å². The molecule has 2 aromatic carbocycles. The lowest BCUT2D eigenvalue weighted by molar-refractivity contribution is 0.102. The molecular weight excluding hydrogens is 362 g/mol. The summed E-state index contributed by atoms with van der Waals surface area (Å²) in [5, 5.41) is 16.3. The summed E-state index contributed by atoms with van der Waals surface area (Å²) < 4.78 is 0. The van der Waals surface area contributed by atoms with Crippen LogP contribution in [0.1, 0.15) is 21.5 Å². The molecule has 0 saturated heterocycles. The molecule has 2 heterocycles. The Morgan fingerprint density at radius 3 is 2.90 bits per heavy atom. The van der Waals surface area contributed by atoms with Gasteiger partial charge < -0.3 is 15.6 Å². The third kappa shape index (κ3) is 4.25. The molecule has 2 aromatic heterocycles. The summed E-state index contributed by atoms with van der Waals surface area (Å²) in [6, 6.07) is 20.5. The largest absolute Gasteiger partial charge is 0.370 e. The predicted octanol–water partition coefficient (Wildman–Crippen LogP) is 4.34. The van der Waals surface area contributed by atoms with Crippen LogP contribution in [0, 0.1) is 11.3 Å². The van der Waals surface area contributed by atoms with E-state index in [1.54, 1.807) is 42.6 Å². The van der Waals surface area contributed by atoms with Gasteiger partial charge in [-0.3, -0.25) is 4.79 Å². The molecule has 3 N–H and O–H groups in total. The van der Waals surface area contributed by atoms with Crippen LogP contribution in [0.25, 0.3) is 10.9 Å². The number of hydrogen-bond donors (Lipinski definition) is 3. The Balaban J connectivity index is 1.39. The quantitative estimate of drug-likeness (QED) is 0.463. The zero-order valence-corrected chi connectivity index (χ0v) is 15.6. The predicted molar refractivity (Wildman–Crippen MR) is 114 cm³/mol. The minimum absolute atomic E-state index is 0.248. The van der Waals surface area contributed by atoms with Crippen molar-refractivity contribution in [2.75, 3.05) is 17.2 Å². The van der Waals surface area contributed by atoms with Crippen LogP contribution in [-0.4, -0.2) is 22.4 Å². The summed E-state index contributed by atoms with van der Waals surface area (Å²) in [7, 11) is 0. The van der Waals surface area contributed by atoms with Gasteiger partial charge in [-0.25, -0.2) is 4.98 Å². The first-order valence-corrected chi connectivity index (χ1v) is 9.29. The van der Waals surface area contributed by atoms with Crippen molar-refractivity contribution in [3.05, 3.63) is 89.7 Å². The van der Waals surface area contributed by atoms with E-state index in [9.17, 15) is 4.79 Å². The molecule has 0 fully saturated rings. The molecule has 0 radical (unpaired) electrons. The lowest BCUT2D eigenvalue weighted by atomic mass is 10.1. The van der Waals surface area contributed by atoms with Crippen molar-refractivity contribution in [2.45, 2.75) is 6.42 Å². The molecule has 0 atom stereocenters. The molecule has 0 bridgehead atoms. The number of carbonyl (C=O) groups is 1. The van der Waals surface area contributed by atoms with E-state index in [-0.39, 0.29) is 5.91 Å². The molecule has 1 amide bonds. The van der Waals surface area contributed by atoms with Gasteiger partial charge in [0.1, 0.15) is 5.82 Å². The van der Waals surface area contributed by atoms with Gasteiger partial charge in [0.25, 0.3) is 5.91 Å². The summed E-state index contributed by atoms with van der Waals surface area (Å²) in [5.74, 6) is 0.394. The second-order valence-electron chi connectivity index (χ2n) is 6.61. The third-order valence-electron chi connectivity index (χ3n) is 4.65. The Labute approximate surface area is 168 Å². The fraction of sp³-hybridized carbons (Fsp3) is 0.0870. The Morgan fingerprint density at radius 2 is 2.00 bits per heavy atom. The van der Waals surface area contributed by atoms with Crippen LogP contribution in [0.15, 0.2) is 73.1 Å². The molecule has 0 spiro atoms. The second-order valence-corrected chi connectivity index (χ2v) is 6.61. The minimum Gasteiger partial charge on any atom is -0.370 e. The summed E-state index contributed by atoms with van der Waals surface area (Å²) in [6.07, 6.45) is 4.47. The second kappa shape index (κ2) is 8.28. The summed E-state index contributed by atoms with van der Waals surface area (Å²) in [4.78, 5) is 20.1. The molecule has 0 aliphatic carbocycles. The number of benzene rings is 2. The van der Waals surface area contributed by atoms with E-state index in [0.29, 0.717) is 29.2 Å². The molecule has 142 valence electrons. The Hall–Kier alpha value is -4.11. The molecule has 4 aromatic rings. The number of nitrogens with zero attached hydrogens (tertiary/aromatic N) is 2. The van der Waals surface area contributed by atoms with Gasteiger partial charge in [-0.2, -0.15) is 5.26 Å². The molecule has 0 unspecified atom stereocenters. The number of nitriles is 1. The molecule has 29 heavy (non-hydrogen) atoms. The number of hydrogen-bond acceptors (Lipinski definition) is 4. The Bertz CT molecular complexity index is 1210. The van der Waals surface area contributed by atoms with Gasteiger partial charge in [0.15, 0.2) is 0 Å². The number of pyridine rings is 1.